The van der Waals surface area contributed by atoms with E-state index >= 15 is 0 Å². The lowest BCUT2D eigenvalue weighted by Crippen LogP contribution is -2.39. The van der Waals surface area contributed by atoms with Crippen LogP contribution in [0.5, 0.6) is 0 Å². The molecule has 4 rings (SSSR count). The van der Waals surface area contributed by atoms with Crippen LogP contribution in [0.25, 0.3) is 0 Å². The van der Waals surface area contributed by atoms with Crippen LogP contribution < -0.4 is 0 Å². The highest BCUT2D eigenvalue weighted by Crippen LogP contribution is 2.44. The predicted molar refractivity (Wildman–Crippen MR) is 100.0 cm³/mol. The first-order valence-corrected chi connectivity index (χ1v) is 11.5. The molecule has 3 fully saturated rings. The number of aromatic nitrogens is 1. The quantitative estimate of drug-likeness (QED) is 0.740. The summed E-state index contributed by atoms with van der Waals surface area (Å²) in [6, 6.07) is 3.31. The van der Waals surface area contributed by atoms with Crippen LogP contribution in [0, 0.1) is 5.41 Å². The Hall–Kier alpha value is -0.950. The SMILES string of the molecule is O=S1CCC2(CCN(C3CCC(c4ccc(C(F)(F)F)nc4)CC3)C2)CC1. The molecule has 1 aromatic heterocycles. The van der Waals surface area contributed by atoms with Crippen molar-refractivity contribution in [2.45, 2.75) is 63.1 Å². The Morgan fingerprint density at radius 3 is 2.37 bits per heavy atom. The lowest BCUT2D eigenvalue weighted by atomic mass is 9.80. The van der Waals surface area contributed by atoms with Gasteiger partial charge in [0.15, 0.2) is 0 Å². The van der Waals surface area contributed by atoms with Crippen molar-refractivity contribution in [3.05, 3.63) is 29.6 Å². The van der Waals surface area contributed by atoms with Crippen LogP contribution in [-0.2, 0) is 17.0 Å². The molecule has 0 bridgehead atoms. The average molecular weight is 401 g/mol. The molecule has 0 radical (unpaired) electrons. The molecule has 1 saturated carbocycles. The van der Waals surface area contributed by atoms with E-state index in [9.17, 15) is 17.4 Å². The van der Waals surface area contributed by atoms with E-state index in [0.717, 1.165) is 74.7 Å². The third-order valence-electron chi connectivity index (χ3n) is 6.95. The largest absolute Gasteiger partial charge is 0.433 e. The van der Waals surface area contributed by atoms with E-state index in [0.29, 0.717) is 17.4 Å². The van der Waals surface area contributed by atoms with Crippen molar-refractivity contribution >= 4 is 10.8 Å². The fourth-order valence-electron chi connectivity index (χ4n) is 5.17. The number of pyridine rings is 1. The van der Waals surface area contributed by atoms with Gasteiger partial charge in [0.25, 0.3) is 0 Å². The highest BCUT2D eigenvalue weighted by Gasteiger charge is 2.42. The Morgan fingerprint density at radius 1 is 1.07 bits per heavy atom. The summed E-state index contributed by atoms with van der Waals surface area (Å²) in [5.41, 5.74) is 0.520. The molecule has 2 saturated heterocycles. The van der Waals surface area contributed by atoms with Crippen LogP contribution >= 0.6 is 0 Å². The van der Waals surface area contributed by atoms with Gasteiger partial charge in [-0.25, -0.2) is 0 Å². The van der Waals surface area contributed by atoms with Gasteiger partial charge < -0.3 is 0 Å². The molecular weight excluding hydrogens is 373 g/mol. The normalized spacial score (nSPS) is 35.6. The van der Waals surface area contributed by atoms with Gasteiger partial charge in [0.2, 0.25) is 0 Å². The van der Waals surface area contributed by atoms with Gasteiger partial charge in [-0.15, -0.1) is 0 Å². The molecule has 1 spiro atoms. The van der Waals surface area contributed by atoms with Gasteiger partial charge in [-0.1, -0.05) is 6.07 Å². The van der Waals surface area contributed by atoms with Crippen LogP contribution in [0.4, 0.5) is 13.2 Å². The number of nitrogens with zero attached hydrogens (tertiary/aromatic N) is 2. The molecule has 3 nitrogen and oxygen atoms in total. The van der Waals surface area contributed by atoms with Gasteiger partial charge in [-0.05, 0) is 74.5 Å². The Labute approximate surface area is 161 Å². The molecule has 0 atom stereocenters. The monoisotopic (exact) mass is 400 g/mol. The van der Waals surface area contributed by atoms with E-state index in [1.54, 1.807) is 6.07 Å². The predicted octanol–water partition coefficient (Wildman–Crippen LogP) is 4.36. The molecule has 3 heterocycles. The highest BCUT2D eigenvalue weighted by atomic mass is 32.2. The van der Waals surface area contributed by atoms with Crippen LogP contribution in [0.2, 0.25) is 0 Å². The maximum Gasteiger partial charge on any atom is 0.433 e. The van der Waals surface area contributed by atoms with Crippen molar-refractivity contribution in [1.82, 2.24) is 9.88 Å². The minimum atomic E-state index is -4.37. The van der Waals surface area contributed by atoms with Gasteiger partial charge in [0.05, 0.1) is 0 Å². The van der Waals surface area contributed by atoms with Crippen LogP contribution in [0.1, 0.15) is 62.1 Å². The average Bonchev–Trinajstić information content (AvgIpc) is 3.08. The zero-order valence-corrected chi connectivity index (χ0v) is 16.3. The fourth-order valence-corrected chi connectivity index (χ4v) is 6.69. The summed E-state index contributed by atoms with van der Waals surface area (Å²) >= 11 is 0. The lowest BCUT2D eigenvalue weighted by molar-refractivity contribution is -0.141. The van der Waals surface area contributed by atoms with Crippen molar-refractivity contribution in [1.29, 1.82) is 0 Å². The number of halogens is 3. The summed E-state index contributed by atoms with van der Waals surface area (Å²) in [5, 5.41) is 0. The van der Waals surface area contributed by atoms with Crippen molar-refractivity contribution in [2.75, 3.05) is 24.6 Å². The number of likely N-dealkylation sites (tertiary alicyclic amines) is 1. The first-order chi connectivity index (χ1) is 12.8. The van der Waals surface area contributed by atoms with Crippen LogP contribution in [0.3, 0.4) is 0 Å². The molecule has 1 aliphatic carbocycles. The smallest absolute Gasteiger partial charge is 0.300 e. The van der Waals surface area contributed by atoms with Crippen LogP contribution in [-0.4, -0.2) is 44.7 Å². The Balaban J connectivity index is 1.31. The second kappa shape index (κ2) is 7.47. The summed E-state index contributed by atoms with van der Waals surface area (Å²) < 4.78 is 49.7. The third-order valence-corrected chi connectivity index (χ3v) is 8.27. The maximum absolute atomic E-state index is 12.7. The number of hydrogen-bond acceptors (Lipinski definition) is 3. The zero-order valence-electron chi connectivity index (χ0n) is 15.5. The van der Waals surface area contributed by atoms with Gasteiger partial charge >= 0.3 is 6.18 Å². The first kappa shape index (κ1) is 19.4. The van der Waals surface area contributed by atoms with Gasteiger partial charge in [-0.2, -0.15) is 13.2 Å². The summed E-state index contributed by atoms with van der Waals surface area (Å²) in [6.07, 6.45) is 4.73. The van der Waals surface area contributed by atoms with E-state index in [2.05, 4.69) is 9.88 Å². The second-order valence-electron chi connectivity index (χ2n) is 8.55. The van der Waals surface area contributed by atoms with E-state index in [1.165, 1.54) is 12.6 Å². The minimum Gasteiger partial charge on any atom is -0.300 e. The molecule has 3 aliphatic rings. The zero-order chi connectivity index (χ0) is 19.1. The molecule has 1 aromatic rings. The molecular formula is C20H27F3N2OS. The molecule has 7 heteroatoms. The number of rotatable bonds is 2. The van der Waals surface area contributed by atoms with Gasteiger partial charge in [0, 0.05) is 41.1 Å². The Kier molecular flexibility index (Phi) is 5.36. The molecule has 0 amide bonds. The number of hydrogen-bond donors (Lipinski definition) is 0. The van der Waals surface area contributed by atoms with Crippen molar-refractivity contribution < 1.29 is 17.4 Å². The topological polar surface area (TPSA) is 33.2 Å². The van der Waals surface area contributed by atoms with E-state index in [1.807, 2.05) is 0 Å². The van der Waals surface area contributed by atoms with E-state index < -0.39 is 22.7 Å². The van der Waals surface area contributed by atoms with Crippen molar-refractivity contribution in [3.63, 3.8) is 0 Å². The van der Waals surface area contributed by atoms with Crippen molar-refractivity contribution in [2.24, 2.45) is 5.41 Å². The lowest BCUT2D eigenvalue weighted by Gasteiger charge is -2.37. The van der Waals surface area contributed by atoms with Gasteiger partial charge in [-0.3, -0.25) is 14.1 Å². The molecule has 27 heavy (non-hydrogen) atoms. The Morgan fingerprint density at radius 2 is 1.78 bits per heavy atom. The second-order valence-corrected chi connectivity index (χ2v) is 10.2. The Bertz CT molecular complexity index is 673. The third kappa shape index (κ3) is 4.24. The molecule has 0 aromatic carbocycles. The summed E-state index contributed by atoms with van der Waals surface area (Å²) in [6.45, 7) is 2.28. The summed E-state index contributed by atoms with van der Waals surface area (Å²) in [5.74, 6) is 2.05. The minimum absolute atomic E-state index is 0.324. The molecule has 0 N–H and O–H groups in total. The molecule has 0 unspecified atom stereocenters. The van der Waals surface area contributed by atoms with Gasteiger partial charge in [0.1, 0.15) is 5.69 Å². The highest BCUT2D eigenvalue weighted by molar-refractivity contribution is 7.85. The number of alkyl halides is 3. The van der Waals surface area contributed by atoms with E-state index in [-0.39, 0.29) is 0 Å². The van der Waals surface area contributed by atoms with Crippen molar-refractivity contribution in [3.8, 4) is 0 Å². The standard InChI is InChI=1S/C20H27F3N2OS/c21-20(22,23)18-6-3-16(13-24-18)15-1-4-17(5-2-15)25-10-7-19(14-25)8-11-27(26)12-9-19/h3,6,13,15,17H,1-2,4-5,7-12,14H2. The van der Waals surface area contributed by atoms with E-state index in [4.69, 9.17) is 0 Å². The summed E-state index contributed by atoms with van der Waals surface area (Å²) in [7, 11) is -0.606. The summed E-state index contributed by atoms with van der Waals surface area (Å²) in [4.78, 5) is 6.26. The van der Waals surface area contributed by atoms with Crippen LogP contribution in [0.15, 0.2) is 18.3 Å². The maximum atomic E-state index is 12.7. The fraction of sp³-hybridized carbons (Fsp3) is 0.750. The first-order valence-electron chi connectivity index (χ1n) is 9.97. The molecule has 2 aliphatic heterocycles. The molecule has 150 valence electrons.